The number of benzene rings is 2. The number of likely N-dealkylation sites (N-methyl/N-ethyl adjacent to an activating group) is 1. The maximum absolute atomic E-state index is 13.3. The Balaban J connectivity index is 1.56. The first-order valence-electron chi connectivity index (χ1n) is 12.0. The summed E-state index contributed by atoms with van der Waals surface area (Å²) >= 11 is 0. The Bertz CT molecular complexity index is 1380. The highest BCUT2D eigenvalue weighted by Crippen LogP contribution is 2.27. The van der Waals surface area contributed by atoms with Gasteiger partial charge in [0.1, 0.15) is 5.60 Å². The third kappa shape index (κ3) is 5.97. The minimum atomic E-state index is -1.20. The maximum atomic E-state index is 13.3. The van der Waals surface area contributed by atoms with Crippen molar-refractivity contribution in [3.05, 3.63) is 84.2 Å². The van der Waals surface area contributed by atoms with Gasteiger partial charge in [-0.3, -0.25) is 14.7 Å². The van der Waals surface area contributed by atoms with Crippen molar-refractivity contribution in [2.45, 2.75) is 32.5 Å². The average Bonchev–Trinajstić information content (AvgIpc) is 2.98. The number of para-hydroxylation sites is 1. The molecule has 0 fully saturated rings. The fourth-order valence-electron chi connectivity index (χ4n) is 3.84. The van der Waals surface area contributed by atoms with E-state index in [-0.39, 0.29) is 0 Å². The third-order valence-electron chi connectivity index (χ3n) is 5.68. The predicted molar refractivity (Wildman–Crippen MR) is 147 cm³/mol. The SMILES string of the molecule is CN(C(=O)OC(C)(C)C)c1cccc(NC(=O)N[C@@H]2N=C(c3ccccn3)c3ccccc3N(C)C2=O)c1. The van der Waals surface area contributed by atoms with E-state index in [1.165, 1.54) is 9.80 Å². The number of rotatable bonds is 4. The molecule has 1 aliphatic rings. The molecule has 0 spiro atoms. The smallest absolute Gasteiger partial charge is 0.414 e. The van der Waals surface area contributed by atoms with E-state index < -0.39 is 29.8 Å². The quantitative estimate of drug-likeness (QED) is 0.535. The van der Waals surface area contributed by atoms with Crippen molar-refractivity contribution in [3.8, 4) is 0 Å². The van der Waals surface area contributed by atoms with Crippen LogP contribution in [-0.2, 0) is 9.53 Å². The van der Waals surface area contributed by atoms with Crippen LogP contribution in [0.3, 0.4) is 0 Å². The van der Waals surface area contributed by atoms with Gasteiger partial charge in [0.15, 0.2) is 0 Å². The van der Waals surface area contributed by atoms with Crippen LogP contribution in [0.1, 0.15) is 32.0 Å². The summed E-state index contributed by atoms with van der Waals surface area (Å²) in [7, 11) is 3.22. The van der Waals surface area contributed by atoms with Crippen molar-refractivity contribution in [3.63, 3.8) is 0 Å². The summed E-state index contributed by atoms with van der Waals surface area (Å²) in [6.07, 6.45) is -0.0768. The van der Waals surface area contributed by atoms with E-state index >= 15 is 0 Å². The molecule has 1 aromatic heterocycles. The number of carbonyl (C=O) groups excluding carboxylic acids is 3. The molecule has 2 N–H and O–H groups in total. The zero-order valence-corrected chi connectivity index (χ0v) is 21.9. The molecule has 38 heavy (non-hydrogen) atoms. The van der Waals surface area contributed by atoms with Gasteiger partial charge < -0.3 is 20.3 Å². The fraction of sp³-hybridized carbons (Fsp3) is 0.250. The lowest BCUT2D eigenvalue weighted by atomic mass is 10.0. The van der Waals surface area contributed by atoms with E-state index in [0.29, 0.717) is 28.5 Å². The summed E-state index contributed by atoms with van der Waals surface area (Å²) < 4.78 is 5.41. The van der Waals surface area contributed by atoms with Crippen LogP contribution >= 0.6 is 0 Å². The number of hydrogen-bond acceptors (Lipinski definition) is 6. The second kappa shape index (κ2) is 10.7. The summed E-state index contributed by atoms with van der Waals surface area (Å²) in [4.78, 5) is 50.6. The Labute approximate surface area is 221 Å². The lowest BCUT2D eigenvalue weighted by Gasteiger charge is -2.25. The number of carbonyl (C=O) groups is 3. The van der Waals surface area contributed by atoms with Crippen LogP contribution in [0.2, 0.25) is 0 Å². The number of hydrogen-bond donors (Lipinski definition) is 2. The monoisotopic (exact) mass is 514 g/mol. The molecule has 10 nitrogen and oxygen atoms in total. The number of amides is 4. The molecule has 2 heterocycles. The topological polar surface area (TPSA) is 116 Å². The highest BCUT2D eigenvalue weighted by molar-refractivity contribution is 6.19. The number of fused-ring (bicyclic) bond motifs is 1. The summed E-state index contributed by atoms with van der Waals surface area (Å²) in [5.74, 6) is -0.406. The lowest BCUT2D eigenvalue weighted by molar-refractivity contribution is -0.119. The Kier molecular flexibility index (Phi) is 7.43. The normalized spacial score (nSPS) is 15.1. The first-order chi connectivity index (χ1) is 18.0. The van der Waals surface area contributed by atoms with E-state index in [4.69, 9.17) is 4.74 Å². The number of urea groups is 1. The van der Waals surface area contributed by atoms with Gasteiger partial charge in [-0.25, -0.2) is 14.6 Å². The minimum Gasteiger partial charge on any atom is -0.443 e. The van der Waals surface area contributed by atoms with E-state index in [1.54, 1.807) is 77.5 Å². The molecule has 4 rings (SSSR count). The van der Waals surface area contributed by atoms with Gasteiger partial charge >= 0.3 is 12.1 Å². The van der Waals surface area contributed by atoms with Gasteiger partial charge in [0.25, 0.3) is 5.91 Å². The Morgan fingerprint density at radius 3 is 2.47 bits per heavy atom. The van der Waals surface area contributed by atoms with Gasteiger partial charge in [-0.1, -0.05) is 30.3 Å². The molecule has 0 saturated heterocycles. The number of ether oxygens (including phenoxy) is 1. The van der Waals surface area contributed by atoms with Gasteiger partial charge in [0, 0.05) is 37.2 Å². The highest BCUT2D eigenvalue weighted by Gasteiger charge is 2.31. The molecule has 0 radical (unpaired) electrons. The van der Waals surface area contributed by atoms with Gasteiger partial charge in [-0.15, -0.1) is 0 Å². The number of benzodiazepines with no additional fused rings is 1. The Morgan fingerprint density at radius 1 is 1.03 bits per heavy atom. The van der Waals surface area contributed by atoms with Gasteiger partial charge in [-0.2, -0.15) is 0 Å². The van der Waals surface area contributed by atoms with Gasteiger partial charge in [0.2, 0.25) is 6.17 Å². The van der Waals surface area contributed by atoms with Crippen LogP contribution < -0.4 is 20.4 Å². The number of pyridine rings is 1. The average molecular weight is 515 g/mol. The first kappa shape index (κ1) is 26.3. The lowest BCUT2D eigenvalue weighted by Crippen LogP contribution is -2.47. The van der Waals surface area contributed by atoms with E-state index in [0.717, 1.165) is 5.56 Å². The summed E-state index contributed by atoms with van der Waals surface area (Å²) in [5, 5.41) is 5.38. The molecule has 1 atom stereocenters. The molecule has 0 aliphatic carbocycles. The molecule has 2 aromatic carbocycles. The number of anilines is 3. The summed E-state index contributed by atoms with van der Waals surface area (Å²) in [6, 6.07) is 18.9. The van der Waals surface area contributed by atoms with Crippen LogP contribution in [0.25, 0.3) is 0 Å². The third-order valence-corrected chi connectivity index (χ3v) is 5.68. The van der Waals surface area contributed by atoms with Crippen LogP contribution in [-0.4, -0.2) is 54.6 Å². The fourth-order valence-corrected chi connectivity index (χ4v) is 3.84. The minimum absolute atomic E-state index is 0.406. The van der Waals surface area contributed by atoms with Crippen LogP contribution in [0, 0.1) is 0 Å². The second-order valence-corrected chi connectivity index (χ2v) is 9.70. The molecule has 0 unspecified atom stereocenters. The number of aromatic nitrogens is 1. The van der Waals surface area contributed by atoms with E-state index in [9.17, 15) is 14.4 Å². The van der Waals surface area contributed by atoms with Gasteiger partial charge in [-0.05, 0) is 57.2 Å². The van der Waals surface area contributed by atoms with Crippen molar-refractivity contribution < 1.29 is 19.1 Å². The molecule has 1 aliphatic heterocycles. The highest BCUT2D eigenvalue weighted by atomic mass is 16.6. The van der Waals surface area contributed by atoms with Crippen LogP contribution in [0.5, 0.6) is 0 Å². The first-order valence-corrected chi connectivity index (χ1v) is 12.0. The zero-order valence-electron chi connectivity index (χ0n) is 21.9. The Hall–Kier alpha value is -4.73. The standard InChI is InChI=1S/C28H30N6O4/c1-28(2,3)38-27(37)33(4)19-12-10-11-18(17-19)30-26(36)32-24-25(35)34(5)22-15-7-6-13-20(22)23(31-24)21-14-8-9-16-29-21/h6-17,24H,1-5H3,(H2,30,32,36)/t24-/m0/s1. The molecule has 196 valence electrons. The maximum Gasteiger partial charge on any atom is 0.414 e. The molecular formula is C28H30N6O4. The molecule has 3 aromatic rings. The zero-order chi connectivity index (χ0) is 27.4. The van der Waals surface area contributed by atoms with Crippen molar-refractivity contribution in [1.29, 1.82) is 0 Å². The summed E-state index contributed by atoms with van der Waals surface area (Å²) in [6.45, 7) is 5.36. The largest absolute Gasteiger partial charge is 0.443 e. The van der Waals surface area contributed by atoms with Crippen LogP contribution in [0.15, 0.2) is 77.9 Å². The van der Waals surface area contributed by atoms with E-state index in [1.807, 2.05) is 30.3 Å². The molecule has 4 amide bonds. The Morgan fingerprint density at radius 2 is 1.76 bits per heavy atom. The molecule has 0 bridgehead atoms. The number of nitrogens with zero attached hydrogens (tertiary/aromatic N) is 4. The molecular weight excluding hydrogens is 484 g/mol. The van der Waals surface area contributed by atoms with Crippen molar-refractivity contribution in [1.82, 2.24) is 10.3 Å². The second-order valence-electron chi connectivity index (χ2n) is 9.70. The van der Waals surface area contributed by atoms with Crippen molar-refractivity contribution in [2.75, 3.05) is 29.2 Å². The predicted octanol–water partition coefficient (Wildman–Crippen LogP) is 4.41. The van der Waals surface area contributed by atoms with Crippen molar-refractivity contribution in [2.24, 2.45) is 4.99 Å². The number of nitrogens with one attached hydrogen (secondary N) is 2. The molecule has 0 saturated carbocycles. The number of aliphatic imine (C=N–C) groups is 1. The van der Waals surface area contributed by atoms with E-state index in [2.05, 4.69) is 20.6 Å². The summed E-state index contributed by atoms with van der Waals surface area (Å²) in [5.41, 5.74) is 2.75. The van der Waals surface area contributed by atoms with Crippen molar-refractivity contribution >= 4 is 40.8 Å². The van der Waals surface area contributed by atoms with Gasteiger partial charge in [0.05, 0.1) is 17.1 Å². The molecule has 10 heteroatoms. The van der Waals surface area contributed by atoms with Crippen LogP contribution in [0.4, 0.5) is 26.7 Å².